The van der Waals surface area contributed by atoms with Crippen LogP contribution in [0.3, 0.4) is 0 Å². The SMILES string of the molecule is C[C-]1C=C(C(C)C)C=CC(N2CCC(=O)NC2=O)=C1.[Re]. The molecule has 3 amide bonds. The van der Waals surface area contributed by atoms with Crippen LogP contribution in [0.15, 0.2) is 35.6 Å². The second kappa shape index (κ2) is 6.92. The summed E-state index contributed by atoms with van der Waals surface area (Å²) >= 11 is 0. The Labute approximate surface area is 133 Å². The number of hydrogen-bond donors (Lipinski definition) is 1. The summed E-state index contributed by atoms with van der Waals surface area (Å²) in [6.07, 6.45) is 8.43. The van der Waals surface area contributed by atoms with Crippen LogP contribution < -0.4 is 5.32 Å². The number of amides is 3. The monoisotopic (exact) mass is 446 g/mol. The number of allylic oxidation sites excluding steroid dienone is 5. The fourth-order valence-electron chi connectivity index (χ4n) is 2.15. The van der Waals surface area contributed by atoms with Crippen LogP contribution in [0.1, 0.15) is 27.2 Å². The van der Waals surface area contributed by atoms with Crippen molar-refractivity contribution in [3.63, 3.8) is 0 Å². The van der Waals surface area contributed by atoms with E-state index >= 15 is 0 Å². The standard InChI is InChI=1S/C15H19N2O2.Re/c1-10(2)12-4-5-13(9-11(3)8-12)17-7-6-14(18)16-15(17)19;/h4-5,8-10H,6-7H2,1-3H3,(H,16,18,19);/q-1;. The molecule has 0 saturated carbocycles. The smallest absolute Gasteiger partial charge is 0.317 e. The molecule has 1 aliphatic heterocycles. The Kier molecular flexibility index (Phi) is 5.79. The third-order valence-electron chi connectivity index (χ3n) is 3.25. The molecule has 0 aromatic heterocycles. The molecule has 1 N–H and O–H groups in total. The van der Waals surface area contributed by atoms with Crippen LogP contribution in [0, 0.1) is 11.8 Å². The molecule has 20 heavy (non-hydrogen) atoms. The van der Waals surface area contributed by atoms with E-state index in [2.05, 4.69) is 25.2 Å². The van der Waals surface area contributed by atoms with Crippen molar-refractivity contribution in [3.8, 4) is 0 Å². The molecule has 0 aromatic carbocycles. The molecule has 1 radical (unpaired) electrons. The molecule has 1 aliphatic carbocycles. The number of carbonyl (C=O) groups is 2. The van der Waals surface area contributed by atoms with Crippen molar-refractivity contribution in [2.24, 2.45) is 5.92 Å². The van der Waals surface area contributed by atoms with Gasteiger partial charge in [0.1, 0.15) is 0 Å². The van der Waals surface area contributed by atoms with Crippen LogP contribution in [-0.4, -0.2) is 23.4 Å². The van der Waals surface area contributed by atoms with Gasteiger partial charge in [-0.1, -0.05) is 32.4 Å². The molecule has 0 bridgehead atoms. The number of urea groups is 1. The van der Waals surface area contributed by atoms with Gasteiger partial charge in [-0.05, 0) is 0 Å². The second-order valence-electron chi connectivity index (χ2n) is 5.20. The largest absolute Gasteiger partial charge is 0.346 e. The first-order valence-electron chi connectivity index (χ1n) is 6.53. The molecule has 2 rings (SSSR count). The van der Waals surface area contributed by atoms with Crippen molar-refractivity contribution in [2.75, 3.05) is 6.54 Å². The van der Waals surface area contributed by atoms with Gasteiger partial charge in [0.2, 0.25) is 5.91 Å². The first kappa shape index (κ1) is 16.7. The molecule has 2 aliphatic rings. The third-order valence-corrected chi connectivity index (χ3v) is 3.25. The maximum absolute atomic E-state index is 11.8. The summed E-state index contributed by atoms with van der Waals surface area (Å²) in [7, 11) is 0. The van der Waals surface area contributed by atoms with Gasteiger partial charge < -0.3 is 4.90 Å². The van der Waals surface area contributed by atoms with E-state index in [9.17, 15) is 9.59 Å². The average molecular weight is 446 g/mol. The van der Waals surface area contributed by atoms with E-state index in [4.69, 9.17) is 0 Å². The van der Waals surface area contributed by atoms with Crippen LogP contribution in [0.2, 0.25) is 0 Å². The summed E-state index contributed by atoms with van der Waals surface area (Å²) in [4.78, 5) is 24.6. The maximum Gasteiger partial charge on any atom is 0.317 e. The third kappa shape index (κ3) is 3.85. The average Bonchev–Trinajstić information content (AvgIpc) is 2.51. The van der Waals surface area contributed by atoms with Gasteiger partial charge in [-0.15, -0.1) is 23.8 Å². The minimum atomic E-state index is -0.340. The summed E-state index contributed by atoms with van der Waals surface area (Å²) < 4.78 is 0. The number of hydrogen-bond acceptors (Lipinski definition) is 2. The van der Waals surface area contributed by atoms with Crippen molar-refractivity contribution < 1.29 is 30.0 Å². The zero-order valence-electron chi connectivity index (χ0n) is 11.9. The van der Waals surface area contributed by atoms with Gasteiger partial charge in [-0.2, -0.15) is 12.0 Å². The van der Waals surface area contributed by atoms with Gasteiger partial charge in [-0.3, -0.25) is 10.1 Å². The van der Waals surface area contributed by atoms with E-state index in [0.29, 0.717) is 18.9 Å². The predicted octanol–water partition coefficient (Wildman–Crippen LogP) is 2.56. The minimum Gasteiger partial charge on any atom is -0.346 e. The van der Waals surface area contributed by atoms with Crippen molar-refractivity contribution in [2.45, 2.75) is 27.2 Å². The molecule has 1 heterocycles. The van der Waals surface area contributed by atoms with Crippen LogP contribution in [0.4, 0.5) is 4.79 Å². The molecular formula is C15H19N2O2Re-. The summed E-state index contributed by atoms with van der Waals surface area (Å²) in [5, 5.41) is 2.34. The van der Waals surface area contributed by atoms with E-state index in [1.54, 1.807) is 4.90 Å². The number of nitrogens with zero attached hydrogens (tertiary/aromatic N) is 1. The molecule has 1 fully saturated rings. The summed E-state index contributed by atoms with van der Waals surface area (Å²) in [6, 6.07) is -0.340. The van der Waals surface area contributed by atoms with E-state index < -0.39 is 0 Å². The summed E-state index contributed by atoms with van der Waals surface area (Å²) in [6.45, 7) is 6.73. The molecule has 0 atom stereocenters. The summed E-state index contributed by atoms with van der Waals surface area (Å²) in [5.74, 6) is 1.34. The molecule has 0 unspecified atom stereocenters. The Morgan fingerprint density at radius 1 is 1.25 bits per heavy atom. The van der Waals surface area contributed by atoms with Crippen LogP contribution in [0.5, 0.6) is 0 Å². The van der Waals surface area contributed by atoms with E-state index in [-0.39, 0.29) is 32.4 Å². The first-order valence-corrected chi connectivity index (χ1v) is 6.53. The normalized spacial score (nSPS) is 19.2. The Morgan fingerprint density at radius 2 is 1.95 bits per heavy atom. The summed E-state index contributed by atoms with van der Waals surface area (Å²) in [5.41, 5.74) is 2.06. The van der Waals surface area contributed by atoms with Crippen molar-refractivity contribution >= 4 is 11.9 Å². The number of carbonyl (C=O) groups excluding carboxylic acids is 2. The topological polar surface area (TPSA) is 49.4 Å². The van der Waals surface area contributed by atoms with E-state index in [0.717, 1.165) is 11.6 Å². The number of nitrogens with one attached hydrogen (secondary N) is 1. The van der Waals surface area contributed by atoms with Crippen LogP contribution in [0.25, 0.3) is 0 Å². The molecular weight excluding hydrogens is 426 g/mol. The van der Waals surface area contributed by atoms with E-state index in [1.165, 1.54) is 5.57 Å². The predicted molar refractivity (Wildman–Crippen MR) is 73.9 cm³/mol. The van der Waals surface area contributed by atoms with Gasteiger partial charge in [0.05, 0.1) is 0 Å². The molecule has 0 spiro atoms. The van der Waals surface area contributed by atoms with Crippen molar-refractivity contribution in [1.82, 2.24) is 10.2 Å². The molecule has 5 heteroatoms. The van der Waals surface area contributed by atoms with Crippen LogP contribution in [-0.2, 0) is 25.2 Å². The quantitative estimate of drug-likeness (QED) is 0.665. The van der Waals surface area contributed by atoms with Gasteiger partial charge in [-0.25, -0.2) is 4.79 Å². The van der Waals surface area contributed by atoms with Gasteiger partial charge >= 0.3 is 6.03 Å². The molecule has 4 nitrogen and oxygen atoms in total. The first-order chi connectivity index (χ1) is 8.97. The molecule has 1 saturated heterocycles. The van der Waals surface area contributed by atoms with Crippen LogP contribution >= 0.6 is 0 Å². The fraction of sp³-hybridized carbons (Fsp3) is 0.400. The number of rotatable bonds is 2. The molecule has 0 aromatic rings. The zero-order valence-corrected chi connectivity index (χ0v) is 14.7. The van der Waals surface area contributed by atoms with Gasteiger partial charge in [0.15, 0.2) is 0 Å². The Morgan fingerprint density at radius 3 is 2.55 bits per heavy atom. The molecule has 109 valence electrons. The van der Waals surface area contributed by atoms with Crippen molar-refractivity contribution in [3.05, 3.63) is 41.5 Å². The Bertz CT molecular complexity index is 492. The van der Waals surface area contributed by atoms with Crippen molar-refractivity contribution in [1.29, 1.82) is 0 Å². The Balaban J connectivity index is 0.00000200. The Hall–Kier alpha value is -1.31. The minimum absolute atomic E-state index is 0. The van der Waals surface area contributed by atoms with Gasteiger partial charge in [0, 0.05) is 33.4 Å². The maximum atomic E-state index is 11.8. The second-order valence-corrected chi connectivity index (χ2v) is 5.20. The zero-order chi connectivity index (χ0) is 14.0. The van der Waals surface area contributed by atoms with E-state index in [1.807, 2.05) is 25.2 Å². The van der Waals surface area contributed by atoms with Gasteiger partial charge in [0.25, 0.3) is 0 Å². The fourth-order valence-corrected chi connectivity index (χ4v) is 2.15. The number of imide groups is 1.